The molecule has 4 N–H and O–H groups in total. The monoisotopic (exact) mass is 475 g/mol. The van der Waals surface area contributed by atoms with Crippen molar-refractivity contribution in [2.24, 2.45) is 5.73 Å². The Labute approximate surface area is 205 Å². The smallest absolute Gasteiger partial charge is 0.249 e. The van der Waals surface area contributed by atoms with E-state index in [1.807, 2.05) is 91.9 Å². The van der Waals surface area contributed by atoms with Gasteiger partial charge in [-0.3, -0.25) is 19.7 Å². The number of rotatable bonds is 9. The molecular formula is C27H29N3O3S. The molecule has 0 spiro atoms. The van der Waals surface area contributed by atoms with Gasteiger partial charge in [0.2, 0.25) is 17.7 Å². The van der Waals surface area contributed by atoms with Crippen molar-refractivity contribution < 1.29 is 14.4 Å². The lowest BCUT2D eigenvalue weighted by molar-refractivity contribution is -0.134. The number of carbonyl (C=O) groups excluding carboxylic acids is 3. The predicted molar refractivity (Wildman–Crippen MR) is 137 cm³/mol. The summed E-state index contributed by atoms with van der Waals surface area (Å²) in [6.07, 6.45) is 0.221. The fraction of sp³-hybridized carbons (Fsp3) is 0.222. The molecule has 176 valence electrons. The van der Waals surface area contributed by atoms with Crippen molar-refractivity contribution in [3.8, 4) is 0 Å². The van der Waals surface area contributed by atoms with Crippen LogP contribution in [0, 0.1) is 6.92 Å². The fourth-order valence-corrected chi connectivity index (χ4v) is 3.88. The molecule has 7 heteroatoms. The summed E-state index contributed by atoms with van der Waals surface area (Å²) in [5.74, 6) is -2.11. The lowest BCUT2D eigenvalue weighted by atomic mass is 9.90. The molecular weight excluding hydrogens is 446 g/mol. The first-order valence-electron chi connectivity index (χ1n) is 11.1. The van der Waals surface area contributed by atoms with E-state index in [9.17, 15) is 14.4 Å². The van der Waals surface area contributed by atoms with Gasteiger partial charge in [-0.2, -0.15) is 12.6 Å². The molecule has 3 aromatic rings. The number of imide groups is 1. The maximum atomic E-state index is 13.6. The zero-order valence-corrected chi connectivity index (χ0v) is 19.9. The van der Waals surface area contributed by atoms with Crippen molar-refractivity contribution in [3.05, 3.63) is 107 Å². The normalized spacial score (nSPS) is 12.6. The van der Waals surface area contributed by atoms with Crippen LogP contribution in [0.25, 0.3) is 0 Å². The van der Waals surface area contributed by atoms with Gasteiger partial charge in [0.05, 0.1) is 12.0 Å². The van der Waals surface area contributed by atoms with E-state index in [1.165, 1.54) is 0 Å². The summed E-state index contributed by atoms with van der Waals surface area (Å²) in [7, 11) is 0. The van der Waals surface area contributed by atoms with Gasteiger partial charge in [-0.05, 0) is 23.6 Å². The molecule has 3 rings (SSSR count). The van der Waals surface area contributed by atoms with Crippen LogP contribution in [-0.2, 0) is 20.8 Å². The topological polar surface area (TPSA) is 101 Å². The van der Waals surface area contributed by atoms with Gasteiger partial charge in [0.1, 0.15) is 6.04 Å². The molecule has 0 unspecified atom stereocenters. The number of benzene rings is 3. The number of thiol groups is 1. The van der Waals surface area contributed by atoms with Gasteiger partial charge in [-0.15, -0.1) is 0 Å². The first-order chi connectivity index (χ1) is 16.4. The minimum atomic E-state index is -0.972. The Hall–Kier alpha value is -3.42. The molecule has 2 atom stereocenters. The first kappa shape index (κ1) is 25.2. The number of hydrogen-bond donors (Lipinski definition) is 4. The van der Waals surface area contributed by atoms with Crippen molar-refractivity contribution in [1.82, 2.24) is 10.6 Å². The summed E-state index contributed by atoms with van der Waals surface area (Å²) in [5, 5.41) is 5.20. The molecule has 0 heterocycles. The number of nitrogens with two attached hydrogens (primary N) is 1. The Morgan fingerprint density at radius 1 is 0.824 bits per heavy atom. The second-order valence-corrected chi connectivity index (χ2v) is 8.52. The summed E-state index contributed by atoms with van der Waals surface area (Å²) in [6.45, 7) is 1.95. The summed E-state index contributed by atoms with van der Waals surface area (Å²) < 4.78 is 0. The number of hydrogen-bond acceptors (Lipinski definition) is 5. The van der Waals surface area contributed by atoms with Crippen molar-refractivity contribution in [3.63, 3.8) is 0 Å². The molecule has 6 nitrogen and oxygen atoms in total. The third-order valence-corrected chi connectivity index (χ3v) is 5.86. The lowest BCUT2D eigenvalue weighted by Crippen LogP contribution is -2.54. The van der Waals surface area contributed by atoms with E-state index in [1.54, 1.807) is 0 Å². The third kappa shape index (κ3) is 6.79. The second kappa shape index (κ2) is 12.2. The number of amides is 3. The minimum Gasteiger partial charge on any atom is -0.343 e. The van der Waals surface area contributed by atoms with Crippen LogP contribution in [0.1, 0.15) is 28.2 Å². The fourth-order valence-electron chi connectivity index (χ4n) is 3.71. The van der Waals surface area contributed by atoms with Crippen molar-refractivity contribution in [1.29, 1.82) is 0 Å². The Kier molecular flexibility index (Phi) is 9.01. The van der Waals surface area contributed by atoms with E-state index < -0.39 is 29.8 Å². The molecule has 0 aromatic heterocycles. The Morgan fingerprint density at radius 2 is 1.41 bits per heavy atom. The maximum Gasteiger partial charge on any atom is 0.249 e. The van der Waals surface area contributed by atoms with Crippen LogP contribution in [-0.4, -0.2) is 35.6 Å². The van der Waals surface area contributed by atoms with Crippen molar-refractivity contribution >= 4 is 30.4 Å². The highest BCUT2D eigenvalue weighted by atomic mass is 32.1. The highest BCUT2D eigenvalue weighted by Crippen LogP contribution is 2.25. The molecule has 0 aliphatic rings. The second-order valence-electron chi connectivity index (χ2n) is 8.15. The van der Waals surface area contributed by atoms with Crippen molar-refractivity contribution in [2.45, 2.75) is 31.3 Å². The third-order valence-electron chi connectivity index (χ3n) is 5.46. The summed E-state index contributed by atoms with van der Waals surface area (Å²) in [6, 6.07) is 24.5. The molecule has 0 aliphatic heterocycles. The average Bonchev–Trinajstić information content (AvgIpc) is 2.84. The Balaban J connectivity index is 1.90. The van der Waals surface area contributed by atoms with Crippen LogP contribution in [0.15, 0.2) is 84.9 Å². The zero-order valence-electron chi connectivity index (χ0n) is 19.0. The molecule has 0 fully saturated rings. The molecule has 3 aromatic carbocycles. The van der Waals surface area contributed by atoms with Gasteiger partial charge in [-0.1, -0.05) is 90.5 Å². The Morgan fingerprint density at radius 3 is 1.94 bits per heavy atom. The summed E-state index contributed by atoms with van der Waals surface area (Å²) in [4.78, 5) is 38.9. The highest BCUT2D eigenvalue weighted by Gasteiger charge is 2.29. The SMILES string of the molecule is Cc1cccc(C[C@H](NC(=O)C(c2ccccc2)c2ccccc2)C(=O)NC(=O)[C@@H](N)CS)c1. The molecule has 0 saturated carbocycles. The minimum absolute atomic E-state index is 0.0953. The molecule has 0 saturated heterocycles. The maximum absolute atomic E-state index is 13.6. The first-order valence-corrected chi connectivity index (χ1v) is 11.7. The van der Waals surface area contributed by atoms with Gasteiger partial charge in [0.25, 0.3) is 0 Å². The van der Waals surface area contributed by atoms with Crippen LogP contribution in [0.3, 0.4) is 0 Å². The predicted octanol–water partition coefficient (Wildman–Crippen LogP) is 2.75. The van der Waals surface area contributed by atoms with E-state index in [-0.39, 0.29) is 18.1 Å². The standard InChI is InChI=1S/C27H29N3O3S/c1-18-9-8-10-19(15-18)16-23(26(32)30-25(31)22(28)17-34)29-27(33)24(20-11-4-2-5-12-20)21-13-6-3-7-14-21/h2-15,22-24,34H,16-17,28H2,1H3,(H,29,33)(H,30,31,32)/t22-,23-/m0/s1. The quantitative estimate of drug-likeness (QED) is 0.358. The number of aryl methyl sites for hydroxylation is 1. The molecule has 0 aliphatic carbocycles. The largest absolute Gasteiger partial charge is 0.343 e. The van der Waals surface area contributed by atoms with Crippen LogP contribution in [0.5, 0.6) is 0 Å². The number of nitrogens with one attached hydrogen (secondary N) is 2. The summed E-state index contributed by atoms with van der Waals surface area (Å²) >= 11 is 4.02. The Bertz CT molecular complexity index is 1080. The van der Waals surface area contributed by atoms with E-state index in [0.717, 1.165) is 22.3 Å². The van der Waals surface area contributed by atoms with Gasteiger partial charge < -0.3 is 11.1 Å². The molecule has 0 radical (unpaired) electrons. The van der Waals surface area contributed by atoms with Gasteiger partial charge in [0, 0.05) is 12.2 Å². The molecule has 34 heavy (non-hydrogen) atoms. The number of carbonyl (C=O) groups is 3. The van der Waals surface area contributed by atoms with Gasteiger partial charge >= 0.3 is 0 Å². The lowest BCUT2D eigenvalue weighted by Gasteiger charge is -2.23. The van der Waals surface area contributed by atoms with E-state index in [4.69, 9.17) is 5.73 Å². The average molecular weight is 476 g/mol. The van der Waals surface area contributed by atoms with Crippen LogP contribution in [0.4, 0.5) is 0 Å². The van der Waals surface area contributed by atoms with Gasteiger partial charge in [-0.25, -0.2) is 0 Å². The van der Waals surface area contributed by atoms with Crippen molar-refractivity contribution in [2.75, 3.05) is 5.75 Å². The van der Waals surface area contributed by atoms with E-state index in [0.29, 0.717) is 0 Å². The van der Waals surface area contributed by atoms with Crippen LogP contribution < -0.4 is 16.4 Å². The van der Waals surface area contributed by atoms with Crippen LogP contribution in [0.2, 0.25) is 0 Å². The summed E-state index contributed by atoms with van der Waals surface area (Å²) in [5.41, 5.74) is 9.20. The highest BCUT2D eigenvalue weighted by molar-refractivity contribution is 7.80. The van der Waals surface area contributed by atoms with E-state index >= 15 is 0 Å². The van der Waals surface area contributed by atoms with Gasteiger partial charge in [0.15, 0.2) is 0 Å². The van der Waals surface area contributed by atoms with Crippen LogP contribution >= 0.6 is 12.6 Å². The molecule has 0 bridgehead atoms. The molecule has 3 amide bonds. The van der Waals surface area contributed by atoms with E-state index in [2.05, 4.69) is 23.3 Å². The zero-order chi connectivity index (χ0) is 24.5.